The lowest BCUT2D eigenvalue weighted by Crippen LogP contribution is -2.62. The third-order valence-electron chi connectivity index (χ3n) is 8.08. The highest BCUT2D eigenvalue weighted by Crippen LogP contribution is 2.67. The molecule has 2 saturated carbocycles. The number of methoxy groups -OCH3 is 1. The van der Waals surface area contributed by atoms with Gasteiger partial charge in [-0.3, -0.25) is 9.59 Å². The zero-order chi connectivity index (χ0) is 18.9. The van der Waals surface area contributed by atoms with Crippen LogP contribution in [0.2, 0.25) is 0 Å². The Morgan fingerprint density at radius 1 is 1.15 bits per heavy atom. The minimum absolute atomic E-state index is 0.0302. The van der Waals surface area contributed by atoms with E-state index < -0.39 is 5.60 Å². The van der Waals surface area contributed by atoms with Crippen LogP contribution in [0.4, 0.5) is 0 Å². The highest BCUT2D eigenvalue weighted by molar-refractivity contribution is 6.21. The normalized spacial score (nSPS) is 41.5. The van der Waals surface area contributed by atoms with Gasteiger partial charge in [0.2, 0.25) is 11.6 Å². The molecule has 4 heteroatoms. The van der Waals surface area contributed by atoms with E-state index in [1.165, 1.54) is 32.4 Å². The molecule has 26 heavy (non-hydrogen) atoms. The number of fused-ring (bicyclic) bond motifs is 2. The molecule has 0 unspecified atom stereocenters. The lowest BCUT2D eigenvalue weighted by molar-refractivity contribution is -0.207. The Hall–Kier alpha value is -1.58. The maximum atomic E-state index is 12.8. The minimum Gasteiger partial charge on any atom is -0.493 e. The summed E-state index contributed by atoms with van der Waals surface area (Å²) in [4.78, 5) is 25.4. The summed E-state index contributed by atoms with van der Waals surface area (Å²) in [5.74, 6) is 0.890. The average Bonchev–Trinajstić information content (AvgIpc) is 2.99. The summed E-state index contributed by atoms with van der Waals surface area (Å²) in [7, 11) is 1.44. The number of rotatable bonds is 1. The monoisotopic (exact) mass is 358 g/mol. The maximum absolute atomic E-state index is 12.8. The van der Waals surface area contributed by atoms with Gasteiger partial charge in [-0.1, -0.05) is 34.1 Å². The van der Waals surface area contributed by atoms with E-state index in [1.807, 2.05) is 0 Å². The molecule has 2 fully saturated rings. The molecule has 1 aliphatic heterocycles. The van der Waals surface area contributed by atoms with E-state index in [1.54, 1.807) is 0 Å². The predicted molar refractivity (Wildman–Crippen MR) is 98.2 cm³/mol. The van der Waals surface area contributed by atoms with E-state index in [-0.39, 0.29) is 33.9 Å². The Morgan fingerprint density at radius 3 is 2.58 bits per heavy atom. The largest absolute Gasteiger partial charge is 0.493 e. The van der Waals surface area contributed by atoms with Crippen LogP contribution in [-0.4, -0.2) is 24.3 Å². The molecular weight excluding hydrogens is 328 g/mol. The molecule has 4 aliphatic rings. The van der Waals surface area contributed by atoms with Gasteiger partial charge in [-0.15, -0.1) is 0 Å². The Morgan fingerprint density at radius 2 is 1.88 bits per heavy atom. The van der Waals surface area contributed by atoms with E-state index in [4.69, 9.17) is 9.47 Å². The smallest absolute Gasteiger partial charge is 0.227 e. The highest BCUT2D eigenvalue weighted by Gasteiger charge is 2.66. The first-order chi connectivity index (χ1) is 12.2. The fourth-order valence-corrected chi connectivity index (χ4v) is 6.70. The zero-order valence-corrected chi connectivity index (χ0v) is 16.6. The highest BCUT2D eigenvalue weighted by atomic mass is 16.5. The second kappa shape index (κ2) is 5.46. The fourth-order valence-electron chi connectivity index (χ4n) is 6.70. The van der Waals surface area contributed by atoms with Gasteiger partial charge in [0.25, 0.3) is 0 Å². The van der Waals surface area contributed by atoms with Crippen molar-refractivity contribution in [1.82, 2.24) is 0 Å². The third-order valence-corrected chi connectivity index (χ3v) is 8.08. The molecule has 4 rings (SSSR count). The van der Waals surface area contributed by atoms with Crippen LogP contribution >= 0.6 is 0 Å². The first-order valence-corrected chi connectivity index (χ1v) is 9.93. The molecule has 142 valence electrons. The first kappa shape index (κ1) is 17.8. The van der Waals surface area contributed by atoms with E-state index in [0.717, 1.165) is 12.8 Å². The molecule has 4 atom stereocenters. The number of ketones is 2. The van der Waals surface area contributed by atoms with Crippen molar-refractivity contribution in [2.24, 2.45) is 22.7 Å². The van der Waals surface area contributed by atoms with E-state index >= 15 is 0 Å². The quantitative estimate of drug-likeness (QED) is 0.654. The predicted octanol–water partition coefficient (Wildman–Crippen LogP) is 4.34. The Balaban J connectivity index is 1.77. The van der Waals surface area contributed by atoms with Crippen molar-refractivity contribution in [3.63, 3.8) is 0 Å². The number of ether oxygens (including phenoxy) is 2. The molecule has 0 radical (unpaired) electrons. The van der Waals surface area contributed by atoms with E-state index in [0.29, 0.717) is 23.8 Å². The molecule has 0 aromatic rings. The van der Waals surface area contributed by atoms with Crippen LogP contribution in [0.1, 0.15) is 66.2 Å². The van der Waals surface area contributed by atoms with Gasteiger partial charge >= 0.3 is 0 Å². The molecule has 0 aromatic heterocycles. The molecule has 0 amide bonds. The second-order valence-corrected chi connectivity index (χ2v) is 9.67. The van der Waals surface area contributed by atoms with Crippen LogP contribution in [0, 0.1) is 22.7 Å². The number of hydrogen-bond acceptors (Lipinski definition) is 4. The lowest BCUT2D eigenvalue weighted by Gasteiger charge is -2.63. The van der Waals surface area contributed by atoms with E-state index in [9.17, 15) is 9.59 Å². The third kappa shape index (κ3) is 2.07. The van der Waals surface area contributed by atoms with Crippen molar-refractivity contribution in [2.45, 2.75) is 71.8 Å². The van der Waals surface area contributed by atoms with E-state index in [2.05, 4.69) is 27.7 Å². The van der Waals surface area contributed by atoms with Crippen molar-refractivity contribution in [3.05, 3.63) is 23.2 Å². The molecular formula is C22H30O4. The van der Waals surface area contributed by atoms with Crippen molar-refractivity contribution in [1.29, 1.82) is 0 Å². The SMILES string of the molecule is COC1=CC(=O)C2=C(C[C@@]3(O2)[C@@H](C)CC[C@H]2C(C)(C)CCC[C@@]23C)C1=O. The molecule has 0 bridgehead atoms. The minimum atomic E-state index is -0.458. The van der Waals surface area contributed by atoms with Crippen molar-refractivity contribution < 1.29 is 19.1 Å². The molecule has 1 spiro atoms. The Bertz CT molecular complexity index is 743. The molecule has 0 aromatic carbocycles. The summed E-state index contributed by atoms with van der Waals surface area (Å²) < 4.78 is 11.7. The summed E-state index contributed by atoms with van der Waals surface area (Å²) >= 11 is 0. The summed E-state index contributed by atoms with van der Waals surface area (Å²) in [5.41, 5.74) is 0.306. The number of hydrogen-bond donors (Lipinski definition) is 0. The van der Waals surface area contributed by atoms with Crippen molar-refractivity contribution >= 4 is 11.6 Å². The molecule has 3 aliphatic carbocycles. The zero-order valence-electron chi connectivity index (χ0n) is 16.6. The second-order valence-electron chi connectivity index (χ2n) is 9.67. The fraction of sp³-hybridized carbons (Fsp3) is 0.727. The van der Waals surface area contributed by atoms with Crippen LogP contribution in [0.5, 0.6) is 0 Å². The van der Waals surface area contributed by atoms with Gasteiger partial charge in [0.1, 0.15) is 5.60 Å². The van der Waals surface area contributed by atoms with Crippen LogP contribution in [0.25, 0.3) is 0 Å². The van der Waals surface area contributed by atoms with Gasteiger partial charge in [0.15, 0.2) is 11.5 Å². The number of allylic oxidation sites excluding steroid dienone is 2. The van der Waals surface area contributed by atoms with Crippen LogP contribution < -0.4 is 0 Å². The summed E-state index contributed by atoms with van der Waals surface area (Å²) in [6.45, 7) is 9.34. The van der Waals surface area contributed by atoms with Gasteiger partial charge < -0.3 is 9.47 Å². The van der Waals surface area contributed by atoms with Crippen molar-refractivity contribution in [3.8, 4) is 0 Å². The van der Waals surface area contributed by atoms with Crippen molar-refractivity contribution in [2.75, 3.05) is 7.11 Å². The number of Topliss-reactive ketones (excluding diaryl/α,β-unsaturated/α-hetero) is 1. The molecule has 0 N–H and O–H groups in total. The number of carbonyl (C=O) groups excluding carboxylic acids is 2. The first-order valence-electron chi connectivity index (χ1n) is 9.93. The topological polar surface area (TPSA) is 52.6 Å². The van der Waals surface area contributed by atoms with Gasteiger partial charge in [-0.2, -0.15) is 0 Å². The maximum Gasteiger partial charge on any atom is 0.227 e. The average molecular weight is 358 g/mol. The summed E-state index contributed by atoms with van der Waals surface area (Å²) in [6, 6.07) is 0. The molecule has 0 saturated heterocycles. The van der Waals surface area contributed by atoms with Gasteiger partial charge in [0, 0.05) is 17.9 Å². The Kier molecular flexibility index (Phi) is 3.74. The summed E-state index contributed by atoms with van der Waals surface area (Å²) in [6.07, 6.45) is 7.61. The van der Waals surface area contributed by atoms with Gasteiger partial charge in [-0.05, 0) is 42.9 Å². The Labute approximate surface area is 156 Å². The summed E-state index contributed by atoms with van der Waals surface area (Å²) in [5, 5.41) is 0. The number of carbonyl (C=O) groups is 2. The standard InChI is InChI=1S/C22H30O4/c1-13-7-8-17-20(2,3)9-6-10-21(17,4)22(13)12-14-18(24)16(25-5)11-15(23)19(14)26-22/h11,13,17H,6-10,12H2,1-5H3/t13-,17-,21-,22+/m0/s1. The molecule has 1 heterocycles. The lowest BCUT2D eigenvalue weighted by atomic mass is 9.44. The van der Waals surface area contributed by atoms with Crippen LogP contribution in [-0.2, 0) is 19.1 Å². The van der Waals surface area contributed by atoms with Gasteiger partial charge in [-0.25, -0.2) is 0 Å². The van der Waals surface area contributed by atoms with Crippen LogP contribution in [0.3, 0.4) is 0 Å². The molecule has 4 nitrogen and oxygen atoms in total. The van der Waals surface area contributed by atoms with Gasteiger partial charge in [0.05, 0.1) is 12.7 Å². The van der Waals surface area contributed by atoms with Crippen LogP contribution in [0.15, 0.2) is 23.2 Å².